The molecular formula is C14H21NO2. The van der Waals surface area contributed by atoms with Crippen LogP contribution in [-0.2, 0) is 0 Å². The van der Waals surface area contributed by atoms with E-state index in [2.05, 4.69) is 0 Å². The second kappa shape index (κ2) is 4.67. The van der Waals surface area contributed by atoms with Gasteiger partial charge in [-0.05, 0) is 50.8 Å². The average molecular weight is 235 g/mol. The second-order valence-electron chi connectivity index (χ2n) is 5.21. The lowest BCUT2D eigenvalue weighted by Crippen LogP contribution is -2.37. The maximum atomic E-state index is 10.1. The zero-order chi connectivity index (χ0) is 12.5. The van der Waals surface area contributed by atoms with E-state index in [1.807, 2.05) is 38.1 Å². The van der Waals surface area contributed by atoms with Crippen molar-refractivity contribution >= 4 is 0 Å². The van der Waals surface area contributed by atoms with Crippen molar-refractivity contribution in [1.29, 1.82) is 0 Å². The summed E-state index contributed by atoms with van der Waals surface area (Å²) in [6, 6.07) is 7.84. The number of hydrogen-bond acceptors (Lipinski definition) is 3. The molecule has 1 aromatic rings. The molecule has 3 N–H and O–H groups in total. The fraction of sp³-hybridized carbons (Fsp3) is 0.571. The minimum atomic E-state index is -0.695. The maximum absolute atomic E-state index is 10.1. The Morgan fingerprint density at radius 1 is 1.41 bits per heavy atom. The van der Waals surface area contributed by atoms with Crippen molar-refractivity contribution < 1.29 is 9.84 Å². The summed E-state index contributed by atoms with van der Waals surface area (Å²) in [5, 5.41) is 10.1. The van der Waals surface area contributed by atoms with Crippen LogP contribution in [0.3, 0.4) is 0 Å². The van der Waals surface area contributed by atoms with Gasteiger partial charge in [0.25, 0.3) is 0 Å². The van der Waals surface area contributed by atoms with Gasteiger partial charge in [0, 0.05) is 6.04 Å². The summed E-state index contributed by atoms with van der Waals surface area (Å²) in [5.74, 6) is 0.807. The third kappa shape index (κ3) is 2.79. The SMILES string of the molecule is CC(N)c1ccc(OC2CCCC2(C)O)cc1. The zero-order valence-corrected chi connectivity index (χ0v) is 10.5. The number of benzene rings is 1. The van der Waals surface area contributed by atoms with Crippen LogP contribution in [0.15, 0.2) is 24.3 Å². The Morgan fingerprint density at radius 2 is 2.06 bits per heavy atom. The van der Waals surface area contributed by atoms with Crippen LogP contribution in [0.4, 0.5) is 0 Å². The smallest absolute Gasteiger partial charge is 0.127 e. The average Bonchev–Trinajstić information content (AvgIpc) is 2.59. The highest BCUT2D eigenvalue weighted by Crippen LogP contribution is 2.33. The third-order valence-corrected chi connectivity index (χ3v) is 3.53. The molecule has 0 amide bonds. The highest BCUT2D eigenvalue weighted by atomic mass is 16.5. The van der Waals surface area contributed by atoms with Crippen molar-refractivity contribution in [2.24, 2.45) is 5.73 Å². The normalized spacial score (nSPS) is 30.2. The molecule has 1 fully saturated rings. The summed E-state index contributed by atoms with van der Waals surface area (Å²) in [6.45, 7) is 3.80. The third-order valence-electron chi connectivity index (χ3n) is 3.53. The van der Waals surface area contributed by atoms with E-state index in [4.69, 9.17) is 10.5 Å². The van der Waals surface area contributed by atoms with Crippen LogP contribution in [0.2, 0.25) is 0 Å². The highest BCUT2D eigenvalue weighted by molar-refractivity contribution is 5.29. The Balaban J connectivity index is 2.04. The van der Waals surface area contributed by atoms with Crippen LogP contribution in [0.5, 0.6) is 5.75 Å². The van der Waals surface area contributed by atoms with Gasteiger partial charge in [-0.2, -0.15) is 0 Å². The van der Waals surface area contributed by atoms with Crippen LogP contribution >= 0.6 is 0 Å². The van der Waals surface area contributed by atoms with Crippen molar-refractivity contribution in [3.63, 3.8) is 0 Å². The summed E-state index contributed by atoms with van der Waals surface area (Å²) in [4.78, 5) is 0. The van der Waals surface area contributed by atoms with E-state index in [-0.39, 0.29) is 12.1 Å². The predicted octanol–water partition coefficient (Wildman–Crippen LogP) is 2.39. The number of ether oxygens (including phenoxy) is 1. The van der Waals surface area contributed by atoms with Gasteiger partial charge in [0.15, 0.2) is 0 Å². The van der Waals surface area contributed by atoms with Gasteiger partial charge in [0.1, 0.15) is 11.9 Å². The number of hydrogen-bond donors (Lipinski definition) is 2. The second-order valence-corrected chi connectivity index (χ2v) is 5.21. The van der Waals surface area contributed by atoms with E-state index in [0.717, 1.165) is 30.6 Å². The molecule has 2 rings (SSSR count). The van der Waals surface area contributed by atoms with Crippen molar-refractivity contribution in [1.82, 2.24) is 0 Å². The number of nitrogens with two attached hydrogens (primary N) is 1. The monoisotopic (exact) mass is 235 g/mol. The maximum Gasteiger partial charge on any atom is 0.127 e. The van der Waals surface area contributed by atoms with E-state index < -0.39 is 5.60 Å². The zero-order valence-electron chi connectivity index (χ0n) is 10.5. The van der Waals surface area contributed by atoms with Gasteiger partial charge in [-0.15, -0.1) is 0 Å². The van der Waals surface area contributed by atoms with Gasteiger partial charge in [-0.3, -0.25) is 0 Å². The number of aliphatic hydroxyl groups is 1. The van der Waals surface area contributed by atoms with Crippen LogP contribution in [-0.4, -0.2) is 16.8 Å². The van der Waals surface area contributed by atoms with Crippen molar-refractivity contribution in [3.8, 4) is 5.75 Å². The molecule has 17 heavy (non-hydrogen) atoms. The molecule has 0 saturated heterocycles. The lowest BCUT2D eigenvalue weighted by atomic mass is 10.0. The van der Waals surface area contributed by atoms with Gasteiger partial charge in [0.05, 0.1) is 5.60 Å². The summed E-state index contributed by atoms with van der Waals surface area (Å²) in [6.07, 6.45) is 2.66. The van der Waals surface area contributed by atoms with E-state index in [1.165, 1.54) is 0 Å². The van der Waals surface area contributed by atoms with Crippen molar-refractivity contribution in [2.75, 3.05) is 0 Å². The molecule has 3 heteroatoms. The fourth-order valence-electron chi connectivity index (χ4n) is 2.32. The standard InChI is InChI=1S/C14H21NO2/c1-10(15)11-5-7-12(8-6-11)17-13-4-3-9-14(13,2)16/h5-8,10,13,16H,3-4,9,15H2,1-2H3. The molecule has 1 aliphatic rings. The van der Waals surface area contributed by atoms with Gasteiger partial charge in [-0.25, -0.2) is 0 Å². The summed E-state index contributed by atoms with van der Waals surface area (Å²) in [5.41, 5.74) is 6.19. The molecule has 3 unspecified atom stereocenters. The summed E-state index contributed by atoms with van der Waals surface area (Å²) < 4.78 is 5.83. The molecule has 0 spiro atoms. The highest BCUT2D eigenvalue weighted by Gasteiger charge is 2.38. The first kappa shape index (κ1) is 12.4. The molecule has 1 saturated carbocycles. The van der Waals surface area contributed by atoms with Gasteiger partial charge < -0.3 is 15.6 Å². The topological polar surface area (TPSA) is 55.5 Å². The molecule has 0 radical (unpaired) electrons. The van der Waals surface area contributed by atoms with Crippen LogP contribution in [0.25, 0.3) is 0 Å². The van der Waals surface area contributed by atoms with E-state index >= 15 is 0 Å². The fourth-order valence-corrected chi connectivity index (χ4v) is 2.32. The molecule has 0 aromatic heterocycles. The minimum absolute atomic E-state index is 0.0404. The first-order chi connectivity index (χ1) is 7.99. The summed E-state index contributed by atoms with van der Waals surface area (Å²) >= 11 is 0. The Morgan fingerprint density at radius 3 is 2.53 bits per heavy atom. The molecule has 0 heterocycles. The lowest BCUT2D eigenvalue weighted by Gasteiger charge is -2.26. The Bertz CT molecular complexity index is 370. The lowest BCUT2D eigenvalue weighted by molar-refractivity contribution is -0.0252. The van der Waals surface area contributed by atoms with E-state index in [1.54, 1.807) is 0 Å². The quantitative estimate of drug-likeness (QED) is 0.845. The predicted molar refractivity (Wildman–Crippen MR) is 67.9 cm³/mol. The Hall–Kier alpha value is -1.06. The molecule has 3 atom stereocenters. The summed E-state index contributed by atoms with van der Waals surface area (Å²) in [7, 11) is 0. The molecule has 94 valence electrons. The number of rotatable bonds is 3. The molecule has 1 aromatic carbocycles. The van der Waals surface area contributed by atoms with E-state index in [0.29, 0.717) is 0 Å². The van der Waals surface area contributed by atoms with Crippen LogP contribution < -0.4 is 10.5 Å². The first-order valence-corrected chi connectivity index (χ1v) is 6.23. The van der Waals surface area contributed by atoms with Crippen molar-refractivity contribution in [2.45, 2.75) is 50.9 Å². The Labute approximate surface area is 103 Å². The molecule has 0 aliphatic heterocycles. The molecule has 1 aliphatic carbocycles. The van der Waals surface area contributed by atoms with Crippen LogP contribution in [0, 0.1) is 0 Å². The molecular weight excluding hydrogens is 214 g/mol. The largest absolute Gasteiger partial charge is 0.487 e. The van der Waals surface area contributed by atoms with Gasteiger partial charge >= 0.3 is 0 Å². The first-order valence-electron chi connectivity index (χ1n) is 6.23. The van der Waals surface area contributed by atoms with Crippen LogP contribution in [0.1, 0.15) is 44.7 Å². The Kier molecular flexibility index (Phi) is 3.40. The molecule has 3 nitrogen and oxygen atoms in total. The molecule has 0 bridgehead atoms. The van der Waals surface area contributed by atoms with Gasteiger partial charge in [-0.1, -0.05) is 12.1 Å². The van der Waals surface area contributed by atoms with Crippen molar-refractivity contribution in [3.05, 3.63) is 29.8 Å². The minimum Gasteiger partial charge on any atom is -0.487 e. The van der Waals surface area contributed by atoms with E-state index in [9.17, 15) is 5.11 Å². The van der Waals surface area contributed by atoms with Gasteiger partial charge in [0.2, 0.25) is 0 Å².